The van der Waals surface area contributed by atoms with Crippen LogP contribution < -0.4 is 4.74 Å². The first-order valence-electron chi connectivity index (χ1n) is 9.17. The van der Waals surface area contributed by atoms with Crippen LogP contribution in [0.15, 0.2) is 81.9 Å². The van der Waals surface area contributed by atoms with Crippen molar-refractivity contribution in [3.63, 3.8) is 0 Å². The maximum absolute atomic E-state index is 13.2. The van der Waals surface area contributed by atoms with Crippen molar-refractivity contribution in [3.8, 4) is 5.75 Å². The molecule has 0 saturated heterocycles. The van der Waals surface area contributed by atoms with Crippen LogP contribution in [-0.2, 0) is 16.0 Å². The molecule has 2 aromatic carbocycles. The fourth-order valence-electron chi connectivity index (χ4n) is 3.13. The largest absolute Gasteiger partial charge is 0.497 e. The van der Waals surface area contributed by atoms with Crippen molar-refractivity contribution in [3.05, 3.63) is 87.5 Å². The molecule has 4 rings (SSSR count). The molecule has 0 spiro atoms. The van der Waals surface area contributed by atoms with E-state index in [4.69, 9.17) is 4.74 Å². The second kappa shape index (κ2) is 8.68. The summed E-state index contributed by atoms with van der Waals surface area (Å²) < 4.78 is 5.18. The number of benzene rings is 2. The molecular weight excluding hydrogens is 402 g/mol. The summed E-state index contributed by atoms with van der Waals surface area (Å²) in [4.78, 5) is 29.9. The molecule has 0 atom stereocenters. The van der Waals surface area contributed by atoms with E-state index in [9.17, 15) is 9.59 Å². The third-order valence-corrected chi connectivity index (χ3v) is 6.62. The van der Waals surface area contributed by atoms with Crippen LogP contribution in [0.25, 0.3) is 5.57 Å². The number of rotatable bonds is 7. The molecule has 0 unspecified atom stereocenters. The number of amides is 2. The quantitative estimate of drug-likeness (QED) is 0.511. The molecule has 4 nitrogen and oxygen atoms in total. The minimum absolute atomic E-state index is 0.218. The number of carbonyl (C=O) groups is 2. The summed E-state index contributed by atoms with van der Waals surface area (Å²) >= 11 is 2.83. The van der Waals surface area contributed by atoms with Gasteiger partial charge in [0.25, 0.3) is 11.8 Å². The monoisotopic (exact) mass is 421 g/mol. The van der Waals surface area contributed by atoms with Crippen LogP contribution >= 0.6 is 23.1 Å². The minimum atomic E-state index is -0.222. The Morgan fingerprint density at radius 3 is 2.34 bits per heavy atom. The first-order chi connectivity index (χ1) is 14.2. The van der Waals surface area contributed by atoms with Gasteiger partial charge in [0, 0.05) is 16.3 Å². The second-order valence-electron chi connectivity index (χ2n) is 6.46. The van der Waals surface area contributed by atoms with Gasteiger partial charge in [-0.05, 0) is 47.7 Å². The van der Waals surface area contributed by atoms with Crippen LogP contribution in [0.4, 0.5) is 0 Å². The number of carbonyl (C=O) groups excluding carboxylic acids is 2. The van der Waals surface area contributed by atoms with Gasteiger partial charge in [-0.1, -0.05) is 48.2 Å². The van der Waals surface area contributed by atoms with Crippen molar-refractivity contribution in [2.75, 3.05) is 13.7 Å². The van der Waals surface area contributed by atoms with Crippen molar-refractivity contribution < 1.29 is 14.3 Å². The molecule has 1 aliphatic rings. The average Bonchev–Trinajstić information content (AvgIpc) is 3.35. The number of imide groups is 1. The lowest BCUT2D eigenvalue weighted by Gasteiger charge is -2.15. The summed E-state index contributed by atoms with van der Waals surface area (Å²) in [5.74, 6) is 0.343. The molecule has 0 fully saturated rings. The Hall–Kier alpha value is -2.83. The van der Waals surface area contributed by atoms with Crippen LogP contribution in [0.1, 0.15) is 10.4 Å². The Labute approximate surface area is 177 Å². The third-order valence-electron chi connectivity index (χ3n) is 4.64. The first kappa shape index (κ1) is 19.5. The number of ether oxygens (including phenoxy) is 1. The Morgan fingerprint density at radius 1 is 0.931 bits per heavy atom. The summed E-state index contributed by atoms with van der Waals surface area (Å²) in [5, 5.41) is 1.92. The number of methoxy groups -OCH3 is 1. The molecule has 1 aliphatic heterocycles. The molecule has 0 radical (unpaired) electrons. The number of thioether (sulfide) groups is 1. The van der Waals surface area contributed by atoms with E-state index >= 15 is 0 Å². The summed E-state index contributed by atoms with van der Waals surface area (Å²) in [5.41, 5.74) is 1.56. The average molecular weight is 422 g/mol. The summed E-state index contributed by atoms with van der Waals surface area (Å²) in [6, 6.07) is 21.1. The molecule has 0 aliphatic carbocycles. The van der Waals surface area contributed by atoms with Crippen LogP contribution in [0.2, 0.25) is 0 Å². The van der Waals surface area contributed by atoms with Crippen molar-refractivity contribution in [2.45, 2.75) is 11.3 Å². The molecule has 0 bridgehead atoms. The third kappa shape index (κ3) is 4.13. The van der Waals surface area contributed by atoms with Gasteiger partial charge >= 0.3 is 0 Å². The van der Waals surface area contributed by atoms with Crippen LogP contribution in [0, 0.1) is 0 Å². The zero-order chi connectivity index (χ0) is 20.2. The molecule has 146 valence electrons. The highest BCUT2D eigenvalue weighted by atomic mass is 32.2. The van der Waals surface area contributed by atoms with E-state index in [0.717, 1.165) is 21.1 Å². The van der Waals surface area contributed by atoms with Gasteiger partial charge < -0.3 is 4.74 Å². The lowest BCUT2D eigenvalue weighted by atomic mass is 10.1. The van der Waals surface area contributed by atoms with Gasteiger partial charge in [-0.15, -0.1) is 11.3 Å². The van der Waals surface area contributed by atoms with E-state index in [2.05, 4.69) is 0 Å². The predicted octanol–water partition coefficient (Wildman–Crippen LogP) is 4.87. The predicted molar refractivity (Wildman–Crippen MR) is 117 cm³/mol. The smallest absolute Gasteiger partial charge is 0.268 e. The zero-order valence-corrected chi connectivity index (χ0v) is 17.5. The van der Waals surface area contributed by atoms with Crippen LogP contribution in [0.5, 0.6) is 5.75 Å². The number of hydrogen-bond acceptors (Lipinski definition) is 5. The molecular formula is C23H19NO3S2. The zero-order valence-electron chi connectivity index (χ0n) is 15.8. The minimum Gasteiger partial charge on any atom is -0.497 e. The molecule has 1 aromatic heterocycles. The summed E-state index contributed by atoms with van der Waals surface area (Å²) in [6.07, 6.45) is 0.600. The number of nitrogens with zero attached hydrogens (tertiary/aromatic N) is 1. The normalized spacial score (nSPS) is 14.0. The lowest BCUT2D eigenvalue weighted by Crippen LogP contribution is -2.33. The maximum Gasteiger partial charge on any atom is 0.268 e. The van der Waals surface area contributed by atoms with Crippen molar-refractivity contribution in [1.82, 2.24) is 4.90 Å². The standard InChI is InChI=1S/C23H19NO3S2/c1-27-17-11-9-16(10-12-17)13-14-24-22(25)20(19-8-5-15-28-19)21(23(24)26)29-18-6-3-2-4-7-18/h2-12,15H,13-14H2,1H3. The van der Waals surface area contributed by atoms with Crippen molar-refractivity contribution in [2.24, 2.45) is 0 Å². The van der Waals surface area contributed by atoms with Crippen molar-refractivity contribution >= 4 is 40.5 Å². The Balaban J connectivity index is 1.58. The van der Waals surface area contributed by atoms with Gasteiger partial charge in [0.2, 0.25) is 0 Å². The highest BCUT2D eigenvalue weighted by molar-refractivity contribution is 8.04. The van der Waals surface area contributed by atoms with Crippen molar-refractivity contribution in [1.29, 1.82) is 0 Å². The SMILES string of the molecule is COc1ccc(CCN2C(=O)C(Sc3ccccc3)=C(c3cccs3)C2=O)cc1. The van der Waals surface area contributed by atoms with Crippen LogP contribution in [-0.4, -0.2) is 30.4 Å². The van der Waals surface area contributed by atoms with Crippen LogP contribution in [0.3, 0.4) is 0 Å². The van der Waals surface area contributed by atoms with Gasteiger partial charge in [0.05, 0.1) is 17.6 Å². The topological polar surface area (TPSA) is 46.6 Å². The van der Waals surface area contributed by atoms with E-state index in [1.165, 1.54) is 28.0 Å². The maximum atomic E-state index is 13.2. The Bertz CT molecular complexity index is 1040. The highest BCUT2D eigenvalue weighted by Crippen LogP contribution is 2.40. The second-order valence-corrected chi connectivity index (χ2v) is 8.49. The molecule has 3 aromatic rings. The highest BCUT2D eigenvalue weighted by Gasteiger charge is 2.39. The van der Waals surface area contributed by atoms with Gasteiger partial charge in [0.15, 0.2) is 0 Å². The van der Waals surface area contributed by atoms with E-state index < -0.39 is 0 Å². The summed E-state index contributed by atoms with van der Waals surface area (Å²) in [7, 11) is 1.63. The first-order valence-corrected chi connectivity index (χ1v) is 10.9. The van der Waals surface area contributed by atoms with E-state index in [1.54, 1.807) is 7.11 Å². The fraction of sp³-hybridized carbons (Fsp3) is 0.130. The lowest BCUT2D eigenvalue weighted by molar-refractivity contribution is -0.136. The summed E-state index contributed by atoms with van der Waals surface area (Å²) in [6.45, 7) is 0.345. The number of hydrogen-bond donors (Lipinski definition) is 0. The molecule has 0 saturated carbocycles. The van der Waals surface area contributed by atoms with Gasteiger partial charge in [-0.2, -0.15) is 0 Å². The fourth-order valence-corrected chi connectivity index (χ4v) is 4.99. The van der Waals surface area contributed by atoms with Gasteiger partial charge in [-0.3, -0.25) is 14.5 Å². The Morgan fingerprint density at radius 2 is 1.69 bits per heavy atom. The van der Waals surface area contributed by atoms with Gasteiger partial charge in [0.1, 0.15) is 5.75 Å². The molecule has 0 N–H and O–H groups in total. The molecule has 29 heavy (non-hydrogen) atoms. The van der Waals surface area contributed by atoms with E-state index in [0.29, 0.717) is 23.4 Å². The molecule has 6 heteroatoms. The Kier molecular flexibility index (Phi) is 5.83. The number of thiophene rings is 1. The molecule has 2 heterocycles. The molecule has 2 amide bonds. The van der Waals surface area contributed by atoms with E-state index in [-0.39, 0.29) is 11.8 Å². The van der Waals surface area contributed by atoms with E-state index in [1.807, 2.05) is 72.1 Å². The van der Waals surface area contributed by atoms with Gasteiger partial charge in [-0.25, -0.2) is 0 Å².